The lowest BCUT2D eigenvalue weighted by molar-refractivity contribution is -0.140. The van der Waals surface area contributed by atoms with Crippen LogP contribution in [0.3, 0.4) is 0 Å². The van der Waals surface area contributed by atoms with Gasteiger partial charge < -0.3 is 10.2 Å². The van der Waals surface area contributed by atoms with Crippen LogP contribution in [0.5, 0.6) is 0 Å². The summed E-state index contributed by atoms with van der Waals surface area (Å²) in [5, 5.41) is 4.21. The molecule has 11 heteroatoms. The van der Waals surface area contributed by atoms with E-state index in [9.17, 15) is 18.0 Å². The molecule has 1 atom stereocenters. The van der Waals surface area contributed by atoms with Gasteiger partial charge in [0.15, 0.2) is 0 Å². The highest BCUT2D eigenvalue weighted by atomic mass is 35.5. The van der Waals surface area contributed by atoms with Gasteiger partial charge in [-0.25, -0.2) is 8.42 Å². The van der Waals surface area contributed by atoms with Crippen molar-refractivity contribution in [3.63, 3.8) is 0 Å². The molecule has 47 heavy (non-hydrogen) atoms. The second kappa shape index (κ2) is 15.6. The normalized spacial score (nSPS) is 14.0. The largest absolute Gasteiger partial charge is 0.352 e. The summed E-state index contributed by atoms with van der Waals surface area (Å²) >= 11 is 18.6. The predicted octanol–water partition coefficient (Wildman–Crippen LogP) is 7.85. The minimum atomic E-state index is -4.23. The summed E-state index contributed by atoms with van der Waals surface area (Å²) in [7, 11) is -4.23. The number of amides is 2. The molecule has 0 aromatic heterocycles. The third-order valence-corrected chi connectivity index (χ3v) is 11.1. The fourth-order valence-electron chi connectivity index (χ4n) is 5.73. The maximum atomic E-state index is 14.6. The van der Waals surface area contributed by atoms with E-state index < -0.39 is 28.5 Å². The smallest absolute Gasteiger partial charge is 0.264 e. The Morgan fingerprint density at radius 2 is 1.49 bits per heavy atom. The number of hydrogen-bond acceptors (Lipinski definition) is 4. The standard InChI is InChI=1S/C36H36Cl3N3O4S/c1-25-11-16-30(17-12-25)42(47(45,46)31-18-14-28(37)15-19-31)24-35(43)41(23-27-13-20-32(38)33(39)21-27)34(22-26-7-3-2-4-8-26)36(44)40-29-9-5-6-10-29/h2-4,7-8,11-21,29,34H,5-6,9-10,22-24H2,1H3,(H,40,44). The van der Waals surface area contributed by atoms with Crippen LogP contribution in [-0.4, -0.2) is 43.8 Å². The highest BCUT2D eigenvalue weighted by Gasteiger charge is 2.35. The Hall–Kier alpha value is -3.56. The van der Waals surface area contributed by atoms with Gasteiger partial charge in [0.1, 0.15) is 12.6 Å². The predicted molar refractivity (Wildman–Crippen MR) is 189 cm³/mol. The third-order valence-electron chi connectivity index (χ3n) is 8.31. The third kappa shape index (κ3) is 8.87. The lowest BCUT2D eigenvalue weighted by Gasteiger charge is -2.34. The Bertz CT molecular complexity index is 1800. The zero-order chi connectivity index (χ0) is 33.6. The Balaban J connectivity index is 1.57. The molecule has 2 amide bonds. The van der Waals surface area contributed by atoms with Crippen LogP contribution in [-0.2, 0) is 32.6 Å². The van der Waals surface area contributed by atoms with Crippen LogP contribution in [0.4, 0.5) is 5.69 Å². The highest BCUT2D eigenvalue weighted by molar-refractivity contribution is 7.92. The maximum Gasteiger partial charge on any atom is 0.264 e. The number of sulfonamides is 1. The minimum absolute atomic E-state index is 0.00591. The molecular formula is C36H36Cl3N3O4S. The van der Waals surface area contributed by atoms with Crippen molar-refractivity contribution in [2.45, 2.75) is 62.6 Å². The van der Waals surface area contributed by atoms with Crippen molar-refractivity contribution >= 4 is 62.3 Å². The van der Waals surface area contributed by atoms with Crippen molar-refractivity contribution < 1.29 is 18.0 Å². The van der Waals surface area contributed by atoms with Gasteiger partial charge in [0.25, 0.3) is 10.0 Å². The van der Waals surface area contributed by atoms with Crippen LogP contribution >= 0.6 is 34.8 Å². The number of nitrogens with one attached hydrogen (secondary N) is 1. The number of carbonyl (C=O) groups excluding carboxylic acids is 2. The summed E-state index contributed by atoms with van der Waals surface area (Å²) in [4.78, 5) is 30.2. The zero-order valence-electron chi connectivity index (χ0n) is 25.9. The number of hydrogen-bond donors (Lipinski definition) is 1. The van der Waals surface area contributed by atoms with Gasteiger partial charge in [-0.1, -0.05) is 102 Å². The number of carbonyl (C=O) groups is 2. The Labute approximate surface area is 291 Å². The zero-order valence-corrected chi connectivity index (χ0v) is 29.0. The van der Waals surface area contributed by atoms with Crippen molar-refractivity contribution in [2.24, 2.45) is 0 Å². The molecule has 5 rings (SSSR count). The fourth-order valence-corrected chi connectivity index (χ4v) is 7.59. The first-order chi connectivity index (χ1) is 22.5. The van der Waals surface area contributed by atoms with E-state index in [4.69, 9.17) is 34.8 Å². The van der Waals surface area contributed by atoms with Gasteiger partial charge in [-0.05, 0) is 79.4 Å². The number of anilines is 1. The van der Waals surface area contributed by atoms with Crippen LogP contribution in [0.1, 0.15) is 42.4 Å². The van der Waals surface area contributed by atoms with Crippen LogP contribution in [0, 0.1) is 6.92 Å². The first-order valence-electron chi connectivity index (χ1n) is 15.4. The first-order valence-corrected chi connectivity index (χ1v) is 18.0. The van der Waals surface area contributed by atoms with E-state index in [2.05, 4.69) is 5.32 Å². The number of aryl methyl sites for hydroxylation is 1. The van der Waals surface area contributed by atoms with Crippen molar-refractivity contribution in [3.05, 3.63) is 129 Å². The van der Waals surface area contributed by atoms with Crippen LogP contribution < -0.4 is 9.62 Å². The maximum absolute atomic E-state index is 14.6. The molecule has 0 spiro atoms. The summed E-state index contributed by atoms with van der Waals surface area (Å²) in [5.74, 6) is -0.853. The van der Waals surface area contributed by atoms with Crippen LogP contribution in [0.15, 0.2) is 102 Å². The highest BCUT2D eigenvalue weighted by Crippen LogP contribution is 2.28. The monoisotopic (exact) mass is 711 g/mol. The van der Waals surface area contributed by atoms with E-state index in [-0.39, 0.29) is 29.8 Å². The molecule has 246 valence electrons. The summed E-state index contributed by atoms with van der Waals surface area (Å²) < 4.78 is 29.4. The fraction of sp³-hybridized carbons (Fsp3) is 0.278. The number of rotatable bonds is 12. The molecule has 0 bridgehead atoms. The molecule has 0 aliphatic heterocycles. The Morgan fingerprint density at radius 1 is 0.830 bits per heavy atom. The molecular weight excluding hydrogens is 677 g/mol. The minimum Gasteiger partial charge on any atom is -0.352 e. The van der Waals surface area contributed by atoms with Gasteiger partial charge >= 0.3 is 0 Å². The Morgan fingerprint density at radius 3 is 2.13 bits per heavy atom. The van der Waals surface area contributed by atoms with E-state index in [0.29, 0.717) is 26.3 Å². The van der Waals surface area contributed by atoms with Gasteiger partial charge in [0, 0.05) is 24.0 Å². The first kappa shape index (κ1) is 34.8. The van der Waals surface area contributed by atoms with Gasteiger partial charge in [0.2, 0.25) is 11.8 Å². The molecule has 1 aliphatic carbocycles. The van der Waals surface area contributed by atoms with Gasteiger partial charge in [-0.3, -0.25) is 13.9 Å². The van der Waals surface area contributed by atoms with Crippen molar-refractivity contribution in [2.75, 3.05) is 10.8 Å². The van der Waals surface area contributed by atoms with E-state index in [1.807, 2.05) is 37.3 Å². The average molecular weight is 713 g/mol. The van der Waals surface area contributed by atoms with Gasteiger partial charge in [-0.2, -0.15) is 0 Å². The Kier molecular flexibility index (Phi) is 11.5. The number of benzene rings is 4. The molecule has 0 heterocycles. The van der Waals surface area contributed by atoms with E-state index in [1.54, 1.807) is 42.5 Å². The summed E-state index contributed by atoms with van der Waals surface area (Å²) in [6.45, 7) is 1.33. The van der Waals surface area contributed by atoms with E-state index >= 15 is 0 Å². The molecule has 1 saturated carbocycles. The molecule has 1 N–H and O–H groups in total. The quantitative estimate of drug-likeness (QED) is 0.162. The molecule has 0 radical (unpaired) electrons. The molecule has 4 aromatic rings. The van der Waals surface area contributed by atoms with Crippen molar-refractivity contribution in [1.29, 1.82) is 0 Å². The summed E-state index contributed by atoms with van der Waals surface area (Å²) in [5.41, 5.74) is 2.73. The summed E-state index contributed by atoms with van der Waals surface area (Å²) in [6.07, 6.45) is 4.00. The van der Waals surface area contributed by atoms with Gasteiger partial charge in [-0.15, -0.1) is 0 Å². The van der Waals surface area contributed by atoms with Crippen LogP contribution in [0.25, 0.3) is 0 Å². The molecule has 0 saturated heterocycles. The second-order valence-electron chi connectivity index (χ2n) is 11.8. The van der Waals surface area contributed by atoms with E-state index in [0.717, 1.165) is 41.1 Å². The van der Waals surface area contributed by atoms with E-state index in [1.165, 1.54) is 29.2 Å². The molecule has 1 fully saturated rings. The topological polar surface area (TPSA) is 86.8 Å². The van der Waals surface area contributed by atoms with Crippen molar-refractivity contribution in [3.8, 4) is 0 Å². The summed E-state index contributed by atoms with van der Waals surface area (Å²) in [6, 6.07) is 26.2. The molecule has 4 aromatic carbocycles. The van der Waals surface area contributed by atoms with Crippen LogP contribution in [0.2, 0.25) is 15.1 Å². The lowest BCUT2D eigenvalue weighted by Crippen LogP contribution is -2.54. The number of nitrogens with zero attached hydrogens (tertiary/aromatic N) is 2. The number of halogens is 3. The van der Waals surface area contributed by atoms with Gasteiger partial charge in [0.05, 0.1) is 20.6 Å². The molecule has 1 unspecified atom stereocenters. The SMILES string of the molecule is Cc1ccc(N(CC(=O)N(Cc2ccc(Cl)c(Cl)c2)C(Cc2ccccc2)C(=O)NC2CCCC2)S(=O)(=O)c2ccc(Cl)cc2)cc1. The van der Waals surface area contributed by atoms with Crippen molar-refractivity contribution in [1.82, 2.24) is 10.2 Å². The lowest BCUT2D eigenvalue weighted by atomic mass is 10.0. The molecule has 7 nitrogen and oxygen atoms in total. The molecule has 1 aliphatic rings. The average Bonchev–Trinajstić information content (AvgIpc) is 3.57. The second-order valence-corrected chi connectivity index (χ2v) is 14.9.